The van der Waals surface area contributed by atoms with E-state index in [9.17, 15) is 9.36 Å². The molecule has 194 valence electrons. The first-order chi connectivity index (χ1) is 16.8. The molecule has 2 aromatic rings. The summed E-state index contributed by atoms with van der Waals surface area (Å²) in [5.41, 5.74) is 14.1. The zero-order valence-electron chi connectivity index (χ0n) is 20.7. The molecule has 0 unspecified atom stereocenters. The number of ether oxygens (including phenoxy) is 3. The van der Waals surface area contributed by atoms with E-state index in [1.165, 1.54) is 11.0 Å². The molecule has 0 fully saturated rings. The van der Waals surface area contributed by atoms with Gasteiger partial charge in [-0.2, -0.15) is 4.98 Å². The van der Waals surface area contributed by atoms with Crippen molar-refractivity contribution in [2.24, 2.45) is 0 Å². The number of carbonyl (C=O) groups is 1. The first-order valence-electron chi connectivity index (χ1n) is 11.3. The normalized spacial score (nSPS) is 11.3. The van der Waals surface area contributed by atoms with Crippen LogP contribution in [-0.2, 0) is 35.8 Å². The van der Waals surface area contributed by atoms with Gasteiger partial charge in [-0.25, -0.2) is 4.79 Å². The SMILES string of the molecule is CCOC(=O)N(Cc1ccc(CP(=O)(OCC)OCC)cc1)c1cc(OCCOC)nc(N)c1N. The molecule has 12 heteroatoms. The van der Waals surface area contributed by atoms with Crippen molar-refractivity contribution in [3.05, 3.63) is 41.5 Å². The van der Waals surface area contributed by atoms with Gasteiger partial charge in [0, 0.05) is 13.2 Å². The molecule has 0 aliphatic carbocycles. The van der Waals surface area contributed by atoms with Crippen molar-refractivity contribution < 1.29 is 32.6 Å². The summed E-state index contributed by atoms with van der Waals surface area (Å²) in [6.45, 7) is 6.75. The fraction of sp³-hybridized carbons (Fsp3) is 0.478. The highest BCUT2D eigenvalue weighted by atomic mass is 31.2. The van der Waals surface area contributed by atoms with Crippen LogP contribution >= 0.6 is 7.60 Å². The van der Waals surface area contributed by atoms with Gasteiger partial charge in [0.2, 0.25) is 5.88 Å². The smallest absolute Gasteiger partial charge is 0.414 e. The summed E-state index contributed by atoms with van der Waals surface area (Å²) in [6.07, 6.45) is -0.457. The fourth-order valence-electron chi connectivity index (χ4n) is 3.19. The topological polar surface area (TPSA) is 148 Å². The van der Waals surface area contributed by atoms with Crippen LogP contribution in [0.5, 0.6) is 5.88 Å². The minimum atomic E-state index is -3.23. The van der Waals surface area contributed by atoms with E-state index in [4.69, 9.17) is 34.7 Å². The molecule has 1 amide bonds. The summed E-state index contributed by atoms with van der Waals surface area (Å²) in [4.78, 5) is 18.3. The number of carbonyl (C=O) groups excluding carboxylic acids is 1. The Morgan fingerprint density at radius 3 is 2.20 bits per heavy atom. The second-order valence-electron chi connectivity index (χ2n) is 7.33. The van der Waals surface area contributed by atoms with Crippen molar-refractivity contribution in [3.63, 3.8) is 0 Å². The number of pyridine rings is 1. The first-order valence-corrected chi connectivity index (χ1v) is 13.1. The molecule has 1 heterocycles. The minimum absolute atomic E-state index is 0.0298. The van der Waals surface area contributed by atoms with Crippen molar-refractivity contribution in [3.8, 4) is 5.88 Å². The summed E-state index contributed by atoms with van der Waals surface area (Å²) in [5.74, 6) is 0.234. The van der Waals surface area contributed by atoms with E-state index in [0.29, 0.717) is 12.3 Å². The molecule has 0 atom stereocenters. The highest BCUT2D eigenvalue weighted by Gasteiger charge is 2.25. The van der Waals surface area contributed by atoms with Crippen molar-refractivity contribution >= 4 is 30.9 Å². The monoisotopic (exact) mass is 510 g/mol. The van der Waals surface area contributed by atoms with E-state index < -0.39 is 13.7 Å². The summed E-state index contributed by atoms with van der Waals surface area (Å²) >= 11 is 0. The Labute approximate surface area is 206 Å². The van der Waals surface area contributed by atoms with Gasteiger partial charge < -0.3 is 34.7 Å². The summed E-state index contributed by atoms with van der Waals surface area (Å²) in [6, 6.07) is 8.80. The van der Waals surface area contributed by atoms with Crippen LogP contribution in [0.25, 0.3) is 0 Å². The Kier molecular flexibility index (Phi) is 11.3. The van der Waals surface area contributed by atoms with E-state index in [-0.39, 0.29) is 56.5 Å². The lowest BCUT2D eigenvalue weighted by Crippen LogP contribution is -2.32. The van der Waals surface area contributed by atoms with Crippen molar-refractivity contribution in [2.45, 2.75) is 33.5 Å². The number of anilines is 3. The number of hydrogen-bond donors (Lipinski definition) is 2. The number of benzene rings is 1. The minimum Gasteiger partial charge on any atom is -0.475 e. The first kappa shape index (κ1) is 28.4. The van der Waals surface area contributed by atoms with Gasteiger partial charge in [-0.1, -0.05) is 24.3 Å². The van der Waals surface area contributed by atoms with Crippen LogP contribution in [0.1, 0.15) is 31.9 Å². The maximum Gasteiger partial charge on any atom is 0.414 e. The van der Waals surface area contributed by atoms with Gasteiger partial charge in [0.1, 0.15) is 6.61 Å². The van der Waals surface area contributed by atoms with Crippen molar-refractivity contribution in [2.75, 3.05) is 56.5 Å². The quantitative estimate of drug-likeness (QED) is 0.280. The number of amides is 1. The molecule has 0 saturated heterocycles. The van der Waals surface area contributed by atoms with Gasteiger partial charge in [0.15, 0.2) is 5.82 Å². The summed E-state index contributed by atoms with van der Waals surface area (Å²) in [5, 5.41) is 0. The second-order valence-corrected chi connectivity index (χ2v) is 9.38. The second kappa shape index (κ2) is 13.9. The molecule has 0 aliphatic heterocycles. The third-order valence-corrected chi connectivity index (χ3v) is 6.81. The van der Waals surface area contributed by atoms with Gasteiger partial charge in [-0.05, 0) is 31.9 Å². The number of nitrogens with two attached hydrogens (primary N) is 2. The highest BCUT2D eigenvalue weighted by Crippen LogP contribution is 2.51. The third-order valence-electron chi connectivity index (χ3n) is 4.75. The molecule has 0 bridgehead atoms. The van der Waals surface area contributed by atoms with E-state index in [1.807, 2.05) is 24.3 Å². The third kappa shape index (κ3) is 8.40. The van der Waals surface area contributed by atoms with Crippen LogP contribution in [0.2, 0.25) is 0 Å². The maximum absolute atomic E-state index is 12.8. The van der Waals surface area contributed by atoms with Crippen LogP contribution in [0.3, 0.4) is 0 Å². The van der Waals surface area contributed by atoms with E-state index in [0.717, 1.165) is 11.1 Å². The predicted molar refractivity (Wildman–Crippen MR) is 135 cm³/mol. The lowest BCUT2D eigenvalue weighted by atomic mass is 10.1. The van der Waals surface area contributed by atoms with Crippen molar-refractivity contribution in [1.29, 1.82) is 0 Å². The lowest BCUT2D eigenvalue weighted by molar-refractivity contribution is 0.144. The number of methoxy groups -OCH3 is 1. The van der Waals surface area contributed by atoms with Crippen molar-refractivity contribution in [1.82, 2.24) is 4.98 Å². The van der Waals surface area contributed by atoms with Crippen LogP contribution in [0, 0.1) is 0 Å². The molecule has 4 N–H and O–H groups in total. The van der Waals surface area contributed by atoms with E-state index >= 15 is 0 Å². The summed E-state index contributed by atoms with van der Waals surface area (Å²) < 4.78 is 39.4. The Balaban J connectivity index is 2.30. The molecule has 1 aromatic carbocycles. The van der Waals surface area contributed by atoms with Gasteiger partial charge in [-0.15, -0.1) is 0 Å². The molecule has 0 saturated carbocycles. The number of nitrogen functional groups attached to an aromatic ring is 2. The zero-order valence-corrected chi connectivity index (χ0v) is 21.6. The molecule has 0 aliphatic rings. The standard InChI is InChI=1S/C23H35N4O7P/c1-5-31-23(28)27(19-14-20(32-13-12-30-4)26-22(25)21(19)24)15-17-8-10-18(11-9-17)16-35(29,33-6-2)34-7-3/h8-11,14H,5-7,12-13,15-16,24H2,1-4H3,(H2,25,26). The van der Waals surface area contributed by atoms with Crippen LogP contribution in [0.4, 0.5) is 22.0 Å². The largest absolute Gasteiger partial charge is 0.475 e. The average Bonchev–Trinajstić information content (AvgIpc) is 2.81. The molecular formula is C23H35N4O7P. The van der Waals surface area contributed by atoms with Crippen LogP contribution in [-0.4, -0.2) is 51.2 Å². The summed E-state index contributed by atoms with van der Waals surface area (Å²) in [7, 11) is -1.68. The maximum atomic E-state index is 12.8. The Morgan fingerprint density at radius 1 is 1.00 bits per heavy atom. The predicted octanol–water partition coefficient (Wildman–Crippen LogP) is 4.20. The fourth-order valence-corrected chi connectivity index (χ4v) is 4.89. The molecule has 0 radical (unpaired) electrons. The van der Waals surface area contributed by atoms with Crippen LogP contribution < -0.4 is 21.1 Å². The Bertz CT molecular complexity index is 994. The Hall–Kier alpha value is -2.85. The molecular weight excluding hydrogens is 475 g/mol. The zero-order chi connectivity index (χ0) is 25.8. The molecule has 1 aromatic heterocycles. The lowest BCUT2D eigenvalue weighted by Gasteiger charge is -2.24. The van der Waals surface area contributed by atoms with Crippen LogP contribution in [0.15, 0.2) is 30.3 Å². The highest BCUT2D eigenvalue weighted by molar-refractivity contribution is 7.53. The number of rotatable bonds is 14. The number of aromatic nitrogens is 1. The van der Waals surface area contributed by atoms with E-state index in [1.54, 1.807) is 27.9 Å². The molecule has 35 heavy (non-hydrogen) atoms. The Morgan fingerprint density at radius 2 is 1.63 bits per heavy atom. The number of nitrogens with zero attached hydrogens (tertiary/aromatic N) is 2. The van der Waals surface area contributed by atoms with Gasteiger partial charge in [0.05, 0.1) is 50.5 Å². The molecule has 11 nitrogen and oxygen atoms in total. The van der Waals surface area contributed by atoms with E-state index in [2.05, 4.69) is 4.98 Å². The molecule has 2 rings (SSSR count). The average molecular weight is 511 g/mol. The van der Waals surface area contributed by atoms with Gasteiger partial charge in [0.25, 0.3) is 0 Å². The van der Waals surface area contributed by atoms with Gasteiger partial charge in [-0.3, -0.25) is 9.46 Å². The molecule has 0 spiro atoms. The van der Waals surface area contributed by atoms with Gasteiger partial charge >= 0.3 is 13.7 Å². The number of hydrogen-bond acceptors (Lipinski definition) is 10.